The summed E-state index contributed by atoms with van der Waals surface area (Å²) >= 11 is 0. The molecule has 0 aliphatic rings. The molecule has 0 saturated carbocycles. The zero-order chi connectivity index (χ0) is 18.9. The van der Waals surface area contributed by atoms with Crippen LogP contribution < -0.4 is 10.1 Å². The Hall–Kier alpha value is -2.62. The molecular weight excluding hydrogens is 334 g/mol. The van der Waals surface area contributed by atoms with Gasteiger partial charge < -0.3 is 15.2 Å². The topological polar surface area (TPSA) is 41.5 Å². The predicted molar refractivity (Wildman–Crippen MR) is 110 cm³/mol. The number of hydrogen-bond donors (Lipinski definition) is 2. The summed E-state index contributed by atoms with van der Waals surface area (Å²) in [5.74, 6) is 0.858. The lowest BCUT2D eigenvalue weighted by Gasteiger charge is -2.13. The van der Waals surface area contributed by atoms with E-state index in [1.54, 1.807) is 0 Å². The van der Waals surface area contributed by atoms with E-state index in [1.165, 1.54) is 16.7 Å². The van der Waals surface area contributed by atoms with E-state index in [2.05, 4.69) is 66.0 Å². The molecule has 3 aromatic carbocycles. The van der Waals surface area contributed by atoms with Crippen molar-refractivity contribution in [2.24, 2.45) is 0 Å². The molecule has 0 aromatic heterocycles. The van der Waals surface area contributed by atoms with E-state index >= 15 is 0 Å². The summed E-state index contributed by atoms with van der Waals surface area (Å²) in [4.78, 5) is 0. The van der Waals surface area contributed by atoms with Gasteiger partial charge in [0.25, 0.3) is 0 Å². The van der Waals surface area contributed by atoms with Crippen LogP contribution in [-0.4, -0.2) is 24.8 Å². The summed E-state index contributed by atoms with van der Waals surface area (Å²) < 4.78 is 5.90. The van der Waals surface area contributed by atoms with Crippen molar-refractivity contribution in [1.82, 2.24) is 5.32 Å². The van der Waals surface area contributed by atoms with Crippen molar-refractivity contribution in [3.63, 3.8) is 0 Å². The monoisotopic (exact) mass is 361 g/mol. The van der Waals surface area contributed by atoms with Gasteiger partial charge in [0, 0.05) is 6.04 Å². The van der Waals surface area contributed by atoms with Gasteiger partial charge in [-0.05, 0) is 54.3 Å². The first-order valence-electron chi connectivity index (χ1n) is 9.38. The van der Waals surface area contributed by atoms with Crippen molar-refractivity contribution < 1.29 is 9.84 Å². The van der Waals surface area contributed by atoms with Gasteiger partial charge in [-0.15, -0.1) is 0 Å². The SMILES string of the molecule is CN[C@H](CO)Cc1ccc(OCc2ccc(Cc3ccccc3)cc2)cc1. The van der Waals surface area contributed by atoms with Crippen LogP contribution >= 0.6 is 0 Å². The number of aliphatic hydroxyl groups is 1. The van der Waals surface area contributed by atoms with Crippen LogP contribution in [0.5, 0.6) is 5.75 Å². The molecule has 0 unspecified atom stereocenters. The van der Waals surface area contributed by atoms with Crippen molar-refractivity contribution in [3.8, 4) is 5.75 Å². The first-order valence-corrected chi connectivity index (χ1v) is 9.38. The number of likely N-dealkylation sites (N-methyl/N-ethyl adjacent to an activating group) is 1. The van der Waals surface area contributed by atoms with E-state index in [1.807, 2.05) is 25.2 Å². The minimum atomic E-state index is 0.0890. The second-order valence-electron chi connectivity index (χ2n) is 6.78. The average Bonchev–Trinajstić information content (AvgIpc) is 2.73. The molecule has 3 nitrogen and oxygen atoms in total. The van der Waals surface area contributed by atoms with Crippen LogP contribution in [0, 0.1) is 0 Å². The van der Waals surface area contributed by atoms with Crippen molar-refractivity contribution >= 4 is 0 Å². The molecule has 3 rings (SSSR count). The quantitative estimate of drug-likeness (QED) is 0.606. The molecule has 0 saturated heterocycles. The molecule has 0 radical (unpaired) electrons. The fourth-order valence-corrected chi connectivity index (χ4v) is 3.02. The van der Waals surface area contributed by atoms with Gasteiger partial charge in [0.2, 0.25) is 0 Å². The minimum Gasteiger partial charge on any atom is -0.489 e. The van der Waals surface area contributed by atoms with Gasteiger partial charge in [-0.25, -0.2) is 0 Å². The van der Waals surface area contributed by atoms with Gasteiger partial charge in [0.15, 0.2) is 0 Å². The highest BCUT2D eigenvalue weighted by Crippen LogP contribution is 2.16. The lowest BCUT2D eigenvalue weighted by atomic mass is 10.0. The molecule has 0 heterocycles. The lowest BCUT2D eigenvalue weighted by Crippen LogP contribution is -2.31. The van der Waals surface area contributed by atoms with Gasteiger partial charge in [-0.3, -0.25) is 0 Å². The van der Waals surface area contributed by atoms with Gasteiger partial charge in [0.1, 0.15) is 12.4 Å². The molecule has 0 aliphatic heterocycles. The maximum Gasteiger partial charge on any atom is 0.119 e. The Bertz CT molecular complexity index is 794. The van der Waals surface area contributed by atoms with Crippen molar-refractivity contribution in [2.45, 2.75) is 25.5 Å². The van der Waals surface area contributed by atoms with Gasteiger partial charge >= 0.3 is 0 Å². The van der Waals surface area contributed by atoms with Gasteiger partial charge in [-0.2, -0.15) is 0 Å². The van der Waals surface area contributed by atoms with Crippen LogP contribution in [0.15, 0.2) is 78.9 Å². The standard InChI is InChI=1S/C24H27NO2/c1-25-23(17-26)16-21-11-13-24(14-12-21)27-18-22-9-7-20(8-10-22)15-19-5-3-2-4-6-19/h2-14,23,25-26H,15-18H2,1H3/t23-/m0/s1. The van der Waals surface area contributed by atoms with Crippen LogP contribution in [0.2, 0.25) is 0 Å². The third kappa shape index (κ3) is 5.95. The number of benzene rings is 3. The summed E-state index contributed by atoms with van der Waals surface area (Å²) in [6, 6.07) is 27.3. The second kappa shape index (κ2) is 9.91. The summed E-state index contributed by atoms with van der Waals surface area (Å²) in [5.41, 5.74) is 4.97. The molecule has 0 fully saturated rings. The van der Waals surface area contributed by atoms with E-state index in [0.717, 1.165) is 24.2 Å². The Balaban J connectivity index is 1.51. The second-order valence-corrected chi connectivity index (χ2v) is 6.78. The number of ether oxygens (including phenoxy) is 1. The van der Waals surface area contributed by atoms with Crippen LogP contribution in [0.3, 0.4) is 0 Å². The Kier molecular flexibility index (Phi) is 7.03. The van der Waals surface area contributed by atoms with Crippen molar-refractivity contribution in [3.05, 3.63) is 101 Å². The average molecular weight is 361 g/mol. The zero-order valence-corrected chi connectivity index (χ0v) is 15.8. The summed E-state index contributed by atoms with van der Waals surface area (Å²) in [6.07, 6.45) is 1.75. The molecular formula is C24H27NO2. The molecule has 0 amide bonds. The Morgan fingerprint density at radius 3 is 2.00 bits per heavy atom. The van der Waals surface area contributed by atoms with Crippen molar-refractivity contribution in [2.75, 3.05) is 13.7 Å². The molecule has 27 heavy (non-hydrogen) atoms. The van der Waals surface area contributed by atoms with Crippen molar-refractivity contribution in [1.29, 1.82) is 0 Å². The fraction of sp³-hybridized carbons (Fsp3) is 0.250. The van der Waals surface area contributed by atoms with Crippen LogP contribution in [-0.2, 0) is 19.4 Å². The summed E-state index contributed by atoms with van der Waals surface area (Å²) in [6.45, 7) is 0.690. The lowest BCUT2D eigenvalue weighted by molar-refractivity contribution is 0.248. The molecule has 3 aromatic rings. The molecule has 3 heteroatoms. The first-order chi connectivity index (χ1) is 13.3. The maximum atomic E-state index is 9.27. The highest BCUT2D eigenvalue weighted by atomic mass is 16.5. The third-order valence-electron chi connectivity index (χ3n) is 4.71. The van der Waals surface area contributed by atoms with Crippen LogP contribution in [0.1, 0.15) is 22.3 Å². The normalized spacial score (nSPS) is 11.9. The Morgan fingerprint density at radius 2 is 1.37 bits per heavy atom. The van der Waals surface area contributed by atoms with Gasteiger partial charge in [-0.1, -0.05) is 66.7 Å². The smallest absolute Gasteiger partial charge is 0.119 e. The van der Waals surface area contributed by atoms with Crippen LogP contribution in [0.4, 0.5) is 0 Å². The largest absolute Gasteiger partial charge is 0.489 e. The third-order valence-corrected chi connectivity index (χ3v) is 4.71. The van der Waals surface area contributed by atoms with E-state index in [0.29, 0.717) is 6.61 Å². The minimum absolute atomic E-state index is 0.0890. The molecule has 1 atom stereocenters. The maximum absolute atomic E-state index is 9.27. The van der Waals surface area contributed by atoms with Crippen LogP contribution in [0.25, 0.3) is 0 Å². The molecule has 2 N–H and O–H groups in total. The summed E-state index contributed by atoms with van der Waals surface area (Å²) in [5, 5.41) is 12.4. The molecule has 0 spiro atoms. The Labute approximate surface area is 161 Å². The van der Waals surface area contributed by atoms with E-state index in [9.17, 15) is 5.11 Å². The van der Waals surface area contributed by atoms with Gasteiger partial charge in [0.05, 0.1) is 6.61 Å². The zero-order valence-electron chi connectivity index (χ0n) is 15.8. The van der Waals surface area contributed by atoms with E-state index in [-0.39, 0.29) is 12.6 Å². The first kappa shape index (κ1) is 19.2. The number of rotatable bonds is 9. The number of hydrogen-bond acceptors (Lipinski definition) is 3. The highest BCUT2D eigenvalue weighted by Gasteiger charge is 2.05. The molecule has 0 bridgehead atoms. The Morgan fingerprint density at radius 1 is 0.778 bits per heavy atom. The number of aliphatic hydroxyl groups excluding tert-OH is 1. The highest BCUT2D eigenvalue weighted by molar-refractivity contribution is 5.30. The van der Waals surface area contributed by atoms with E-state index < -0.39 is 0 Å². The predicted octanol–water partition coefficient (Wildman–Crippen LogP) is 3.98. The molecule has 140 valence electrons. The number of nitrogens with one attached hydrogen (secondary N) is 1. The molecule has 0 aliphatic carbocycles. The fourth-order valence-electron chi connectivity index (χ4n) is 3.02. The summed E-state index contributed by atoms with van der Waals surface area (Å²) in [7, 11) is 1.86. The van der Waals surface area contributed by atoms with E-state index in [4.69, 9.17) is 4.74 Å².